The maximum atomic E-state index is 5.55. The topological polar surface area (TPSA) is 70.5 Å². The van der Waals surface area contributed by atoms with Crippen molar-refractivity contribution in [2.45, 2.75) is 0 Å². The van der Waals surface area contributed by atoms with E-state index in [-0.39, 0.29) is 26.5 Å². The second-order valence-corrected chi connectivity index (χ2v) is 2.77. The number of hydrogen-bond donors (Lipinski definition) is 2. The molecule has 0 unspecified atom stereocenters. The van der Waals surface area contributed by atoms with Crippen LogP contribution >= 0.6 is 0 Å². The summed E-state index contributed by atoms with van der Waals surface area (Å²) in [6, 6.07) is 0. The SMILES string of the molecule is COCC(CN)(CN)COC.[Pt]. The van der Waals surface area contributed by atoms with Gasteiger partial charge >= 0.3 is 0 Å². The molecule has 0 aromatic carbocycles. The minimum atomic E-state index is -0.205. The van der Waals surface area contributed by atoms with E-state index in [4.69, 9.17) is 20.9 Å². The van der Waals surface area contributed by atoms with Gasteiger partial charge < -0.3 is 20.9 Å². The van der Waals surface area contributed by atoms with Gasteiger partial charge in [0, 0.05) is 53.8 Å². The van der Waals surface area contributed by atoms with Gasteiger partial charge in [-0.1, -0.05) is 0 Å². The van der Waals surface area contributed by atoms with Crippen LogP contribution in [0.2, 0.25) is 0 Å². The zero-order valence-electron chi connectivity index (χ0n) is 7.62. The molecule has 0 aliphatic rings. The van der Waals surface area contributed by atoms with Crippen LogP contribution in [0.1, 0.15) is 0 Å². The first-order valence-electron chi connectivity index (χ1n) is 3.62. The number of nitrogens with two attached hydrogens (primary N) is 2. The average molecular weight is 357 g/mol. The van der Waals surface area contributed by atoms with E-state index in [0.29, 0.717) is 26.3 Å². The Morgan fingerprint density at radius 1 is 1.00 bits per heavy atom. The Hall–Kier alpha value is 0.528. The monoisotopic (exact) mass is 357 g/mol. The van der Waals surface area contributed by atoms with Crippen LogP contribution in [0.15, 0.2) is 0 Å². The van der Waals surface area contributed by atoms with Crippen molar-refractivity contribution in [3.8, 4) is 0 Å². The van der Waals surface area contributed by atoms with Gasteiger partial charge in [0.2, 0.25) is 0 Å². The predicted octanol–water partition coefficient (Wildman–Crippen LogP) is -0.819. The Morgan fingerprint density at radius 3 is 1.50 bits per heavy atom. The van der Waals surface area contributed by atoms with Crippen LogP contribution in [0.3, 0.4) is 0 Å². The van der Waals surface area contributed by atoms with Crippen LogP contribution in [0.25, 0.3) is 0 Å². The van der Waals surface area contributed by atoms with E-state index in [9.17, 15) is 0 Å². The normalized spacial score (nSPS) is 11.0. The van der Waals surface area contributed by atoms with Crippen LogP contribution in [0, 0.1) is 5.41 Å². The van der Waals surface area contributed by atoms with Crippen molar-refractivity contribution in [1.82, 2.24) is 0 Å². The molecule has 0 rings (SSSR count). The number of ether oxygens (including phenoxy) is 2. The van der Waals surface area contributed by atoms with Gasteiger partial charge in [-0.05, 0) is 0 Å². The van der Waals surface area contributed by atoms with E-state index in [2.05, 4.69) is 0 Å². The average Bonchev–Trinajstić information content (AvgIpc) is 2.04. The summed E-state index contributed by atoms with van der Waals surface area (Å²) in [5, 5.41) is 0. The van der Waals surface area contributed by atoms with Crippen molar-refractivity contribution in [3.05, 3.63) is 0 Å². The summed E-state index contributed by atoms with van der Waals surface area (Å²) < 4.78 is 10.0. The van der Waals surface area contributed by atoms with E-state index >= 15 is 0 Å². The van der Waals surface area contributed by atoms with Gasteiger partial charge in [-0.25, -0.2) is 0 Å². The molecule has 4 N–H and O–H groups in total. The van der Waals surface area contributed by atoms with Crippen molar-refractivity contribution in [2.24, 2.45) is 16.9 Å². The molecular formula is C7H18N2O2Pt. The molecule has 0 spiro atoms. The van der Waals surface area contributed by atoms with Crippen LogP contribution in [-0.2, 0) is 30.5 Å². The molecule has 0 aliphatic heterocycles. The zero-order valence-corrected chi connectivity index (χ0v) is 9.89. The van der Waals surface area contributed by atoms with E-state index in [1.807, 2.05) is 0 Å². The van der Waals surface area contributed by atoms with Crippen molar-refractivity contribution in [1.29, 1.82) is 0 Å². The van der Waals surface area contributed by atoms with E-state index in [1.54, 1.807) is 14.2 Å². The van der Waals surface area contributed by atoms with Crippen molar-refractivity contribution < 1.29 is 30.5 Å². The predicted molar refractivity (Wildman–Crippen MR) is 44.3 cm³/mol. The van der Waals surface area contributed by atoms with E-state index in [0.717, 1.165) is 0 Å². The molecule has 78 valence electrons. The van der Waals surface area contributed by atoms with E-state index < -0.39 is 0 Å². The third-order valence-electron chi connectivity index (χ3n) is 1.77. The molecule has 0 fully saturated rings. The minimum Gasteiger partial charge on any atom is -0.384 e. The van der Waals surface area contributed by atoms with Crippen molar-refractivity contribution in [3.63, 3.8) is 0 Å². The van der Waals surface area contributed by atoms with Gasteiger partial charge in [0.05, 0.1) is 13.2 Å². The summed E-state index contributed by atoms with van der Waals surface area (Å²) in [5.74, 6) is 0. The fourth-order valence-corrected chi connectivity index (χ4v) is 0.973. The zero-order chi connectivity index (χ0) is 8.74. The standard InChI is InChI=1S/C7H18N2O2.Pt/c1-10-5-7(3-8,4-9)6-11-2;/h3-6,8-9H2,1-2H3;. The fourth-order valence-electron chi connectivity index (χ4n) is 0.973. The summed E-state index contributed by atoms with van der Waals surface area (Å²) in [7, 11) is 3.27. The Kier molecular flexibility index (Phi) is 10.2. The number of hydrogen-bond acceptors (Lipinski definition) is 4. The number of methoxy groups -OCH3 is 2. The summed E-state index contributed by atoms with van der Waals surface area (Å²) in [6.45, 7) is 2.08. The second-order valence-electron chi connectivity index (χ2n) is 2.77. The van der Waals surface area contributed by atoms with Gasteiger partial charge in [0.25, 0.3) is 0 Å². The largest absolute Gasteiger partial charge is 0.384 e. The molecule has 4 nitrogen and oxygen atoms in total. The van der Waals surface area contributed by atoms with Crippen LogP contribution in [-0.4, -0.2) is 40.5 Å². The quantitative estimate of drug-likeness (QED) is 0.652. The second kappa shape index (κ2) is 8.14. The Labute approximate surface area is 88.2 Å². The molecule has 0 aliphatic carbocycles. The van der Waals surface area contributed by atoms with Crippen molar-refractivity contribution >= 4 is 0 Å². The minimum absolute atomic E-state index is 0. The molecular weight excluding hydrogens is 339 g/mol. The van der Waals surface area contributed by atoms with Gasteiger partial charge in [-0.15, -0.1) is 0 Å². The molecule has 0 aromatic heterocycles. The number of rotatable bonds is 6. The summed E-state index contributed by atoms with van der Waals surface area (Å²) in [6.07, 6.45) is 0. The molecule has 0 saturated carbocycles. The molecule has 0 aromatic rings. The van der Waals surface area contributed by atoms with Crippen LogP contribution in [0.4, 0.5) is 0 Å². The third kappa shape index (κ3) is 4.53. The maximum Gasteiger partial charge on any atom is 0.0565 e. The van der Waals surface area contributed by atoms with Crippen molar-refractivity contribution in [2.75, 3.05) is 40.5 Å². The molecule has 5 heteroatoms. The summed E-state index contributed by atoms with van der Waals surface area (Å²) in [5.41, 5.74) is 10.9. The Balaban J connectivity index is 0. The van der Waals surface area contributed by atoms with Crippen LogP contribution < -0.4 is 11.5 Å². The van der Waals surface area contributed by atoms with Gasteiger partial charge in [0.15, 0.2) is 0 Å². The molecule has 0 radical (unpaired) electrons. The maximum absolute atomic E-state index is 5.55. The molecule has 0 bridgehead atoms. The van der Waals surface area contributed by atoms with E-state index in [1.165, 1.54) is 0 Å². The first kappa shape index (κ1) is 15.0. The molecule has 12 heavy (non-hydrogen) atoms. The summed E-state index contributed by atoms with van der Waals surface area (Å²) in [4.78, 5) is 0. The van der Waals surface area contributed by atoms with Gasteiger partial charge in [0.1, 0.15) is 0 Å². The smallest absolute Gasteiger partial charge is 0.0565 e. The van der Waals surface area contributed by atoms with Crippen LogP contribution in [0.5, 0.6) is 0 Å². The fraction of sp³-hybridized carbons (Fsp3) is 1.00. The third-order valence-corrected chi connectivity index (χ3v) is 1.77. The Bertz CT molecular complexity index is 91.4. The summed E-state index contributed by atoms with van der Waals surface area (Å²) >= 11 is 0. The molecule has 0 atom stereocenters. The molecule has 0 saturated heterocycles. The van der Waals surface area contributed by atoms with Gasteiger partial charge in [-0.3, -0.25) is 0 Å². The first-order valence-corrected chi connectivity index (χ1v) is 3.62. The first-order chi connectivity index (χ1) is 5.24. The van der Waals surface area contributed by atoms with Gasteiger partial charge in [-0.2, -0.15) is 0 Å². The Morgan fingerprint density at radius 2 is 1.33 bits per heavy atom. The molecule has 0 heterocycles. The molecule has 0 amide bonds.